The third-order valence-electron chi connectivity index (χ3n) is 6.88. The molecule has 0 atom stereocenters. The molecule has 0 N–H and O–H groups in total. The molecule has 0 aliphatic carbocycles. The molecule has 34 heavy (non-hydrogen) atoms. The van der Waals surface area contributed by atoms with E-state index >= 15 is 0 Å². The summed E-state index contributed by atoms with van der Waals surface area (Å²) in [6, 6.07) is 2.12. The van der Waals surface area contributed by atoms with Gasteiger partial charge in [0.1, 0.15) is 0 Å². The molecule has 0 rings (SSSR count). The van der Waals surface area contributed by atoms with Crippen LogP contribution in [0.2, 0.25) is 22.2 Å². The van der Waals surface area contributed by atoms with Crippen molar-refractivity contribution in [2.24, 2.45) is 0 Å². The standard InChI is InChI=1S/C28H62O4Si2/c1-11-15-21-29-33(27(5,6)7,30-22-16-12-2)25-19-20-26-34(28(8,9)10,31-23-17-13-3)32-24-18-14-4/h11-26H2,1-10H3. The monoisotopic (exact) mass is 518 g/mol. The Kier molecular flexibility index (Phi) is 17.8. The Morgan fingerprint density at radius 1 is 0.412 bits per heavy atom. The normalized spacial score (nSPS) is 13.6. The second-order valence-corrected chi connectivity index (χ2v) is 20.2. The van der Waals surface area contributed by atoms with Gasteiger partial charge >= 0.3 is 17.1 Å². The van der Waals surface area contributed by atoms with Crippen molar-refractivity contribution >= 4 is 17.1 Å². The van der Waals surface area contributed by atoms with Crippen LogP contribution in [0.4, 0.5) is 0 Å². The van der Waals surface area contributed by atoms with Crippen LogP contribution >= 0.6 is 0 Å². The summed E-state index contributed by atoms with van der Waals surface area (Å²) in [7, 11) is -4.68. The number of rotatable bonds is 21. The molecule has 0 radical (unpaired) electrons. The molecule has 0 aromatic carbocycles. The van der Waals surface area contributed by atoms with Crippen LogP contribution < -0.4 is 0 Å². The first kappa shape index (κ1) is 34.3. The number of unbranched alkanes of at least 4 members (excludes halogenated alkanes) is 5. The van der Waals surface area contributed by atoms with Gasteiger partial charge in [0.15, 0.2) is 0 Å². The van der Waals surface area contributed by atoms with Gasteiger partial charge in [0, 0.05) is 36.5 Å². The van der Waals surface area contributed by atoms with E-state index in [2.05, 4.69) is 69.2 Å². The molecular formula is C28H62O4Si2. The molecule has 0 bridgehead atoms. The zero-order chi connectivity index (χ0) is 26.1. The summed E-state index contributed by atoms with van der Waals surface area (Å²) in [6.07, 6.45) is 11.3. The molecule has 0 saturated carbocycles. The maximum Gasteiger partial charge on any atom is 0.343 e. The molecule has 0 amide bonds. The maximum atomic E-state index is 6.71. The molecule has 0 aliphatic rings. The van der Waals surface area contributed by atoms with E-state index in [0.29, 0.717) is 0 Å². The average molecular weight is 519 g/mol. The van der Waals surface area contributed by atoms with Crippen molar-refractivity contribution < 1.29 is 17.7 Å². The van der Waals surface area contributed by atoms with Gasteiger partial charge in [-0.25, -0.2) is 0 Å². The van der Waals surface area contributed by atoms with Crippen LogP contribution in [0.3, 0.4) is 0 Å². The molecule has 0 aromatic rings. The summed E-state index contributed by atoms with van der Waals surface area (Å²) in [5.74, 6) is 0. The largest absolute Gasteiger partial charge is 0.394 e. The fraction of sp³-hybridized carbons (Fsp3) is 1.00. The summed E-state index contributed by atoms with van der Waals surface area (Å²) < 4.78 is 26.8. The molecule has 0 aliphatic heterocycles. The van der Waals surface area contributed by atoms with E-state index in [9.17, 15) is 0 Å². The minimum absolute atomic E-state index is 0.0578. The van der Waals surface area contributed by atoms with Crippen molar-refractivity contribution in [1.82, 2.24) is 0 Å². The molecule has 0 spiro atoms. The predicted molar refractivity (Wildman–Crippen MR) is 153 cm³/mol. The molecular weight excluding hydrogens is 456 g/mol. The third kappa shape index (κ3) is 12.0. The van der Waals surface area contributed by atoms with Crippen LogP contribution in [-0.2, 0) is 17.7 Å². The van der Waals surface area contributed by atoms with Crippen LogP contribution in [0.5, 0.6) is 0 Å². The zero-order valence-corrected chi connectivity index (χ0v) is 26.9. The van der Waals surface area contributed by atoms with Gasteiger partial charge in [-0.3, -0.25) is 0 Å². The van der Waals surface area contributed by atoms with Crippen LogP contribution in [0.25, 0.3) is 0 Å². The van der Waals surface area contributed by atoms with Crippen LogP contribution in [0.15, 0.2) is 0 Å². The molecule has 0 fully saturated rings. The summed E-state index contributed by atoms with van der Waals surface area (Å²) in [5.41, 5.74) is 0. The van der Waals surface area contributed by atoms with Gasteiger partial charge in [0.2, 0.25) is 0 Å². The second-order valence-electron chi connectivity index (χ2n) is 12.0. The van der Waals surface area contributed by atoms with Gasteiger partial charge in [-0.1, -0.05) is 108 Å². The predicted octanol–water partition coefficient (Wildman–Crippen LogP) is 9.52. The lowest BCUT2D eigenvalue weighted by atomic mass is 10.2. The van der Waals surface area contributed by atoms with Crippen molar-refractivity contribution in [1.29, 1.82) is 0 Å². The summed E-state index contributed by atoms with van der Waals surface area (Å²) >= 11 is 0. The Morgan fingerprint density at radius 3 is 0.824 bits per heavy atom. The van der Waals surface area contributed by atoms with E-state index in [1.54, 1.807) is 0 Å². The quantitative estimate of drug-likeness (QED) is 0.112. The highest BCUT2D eigenvalue weighted by atomic mass is 28.4. The van der Waals surface area contributed by atoms with E-state index in [1.165, 1.54) is 0 Å². The van der Waals surface area contributed by atoms with Crippen molar-refractivity contribution in [2.75, 3.05) is 26.4 Å². The van der Waals surface area contributed by atoms with Crippen LogP contribution in [0, 0.1) is 0 Å². The van der Waals surface area contributed by atoms with Crippen molar-refractivity contribution in [3.05, 3.63) is 0 Å². The van der Waals surface area contributed by atoms with E-state index in [4.69, 9.17) is 17.7 Å². The lowest BCUT2D eigenvalue weighted by Crippen LogP contribution is -2.52. The highest BCUT2D eigenvalue weighted by Gasteiger charge is 2.51. The minimum atomic E-state index is -2.34. The van der Waals surface area contributed by atoms with E-state index in [1.807, 2.05) is 0 Å². The number of hydrogen-bond acceptors (Lipinski definition) is 4. The summed E-state index contributed by atoms with van der Waals surface area (Å²) in [4.78, 5) is 0. The van der Waals surface area contributed by atoms with Crippen LogP contribution in [0.1, 0.15) is 133 Å². The molecule has 0 unspecified atom stereocenters. The Hall–Kier alpha value is 0.274. The Labute approximate surface area is 216 Å². The second kappa shape index (κ2) is 17.7. The first-order valence-electron chi connectivity index (χ1n) is 14.5. The van der Waals surface area contributed by atoms with Gasteiger partial charge in [-0.15, -0.1) is 0 Å². The molecule has 6 heteroatoms. The fourth-order valence-electron chi connectivity index (χ4n) is 4.23. The number of hydrogen-bond donors (Lipinski definition) is 0. The minimum Gasteiger partial charge on any atom is -0.394 e. The molecule has 0 aromatic heterocycles. The highest BCUT2D eigenvalue weighted by Crippen LogP contribution is 2.44. The first-order valence-corrected chi connectivity index (χ1v) is 18.6. The van der Waals surface area contributed by atoms with Gasteiger partial charge in [-0.2, -0.15) is 0 Å². The highest BCUT2D eigenvalue weighted by molar-refractivity contribution is 6.71. The Morgan fingerprint density at radius 2 is 0.647 bits per heavy atom. The van der Waals surface area contributed by atoms with Crippen molar-refractivity contribution in [3.8, 4) is 0 Å². The molecule has 0 heterocycles. The van der Waals surface area contributed by atoms with Crippen LogP contribution in [-0.4, -0.2) is 43.5 Å². The molecule has 0 saturated heterocycles. The van der Waals surface area contributed by atoms with Crippen molar-refractivity contribution in [3.63, 3.8) is 0 Å². The van der Waals surface area contributed by atoms with Gasteiger partial charge < -0.3 is 17.7 Å². The van der Waals surface area contributed by atoms with Gasteiger partial charge in [0.05, 0.1) is 0 Å². The van der Waals surface area contributed by atoms with E-state index in [0.717, 1.165) is 103 Å². The molecule has 4 nitrogen and oxygen atoms in total. The third-order valence-corrected chi connectivity index (χ3v) is 16.2. The topological polar surface area (TPSA) is 36.9 Å². The Bertz CT molecular complexity index is 422. The lowest BCUT2D eigenvalue weighted by Gasteiger charge is -2.43. The van der Waals surface area contributed by atoms with Gasteiger partial charge in [-0.05, 0) is 37.8 Å². The summed E-state index contributed by atoms with van der Waals surface area (Å²) in [5, 5.41) is 0.116. The van der Waals surface area contributed by atoms with E-state index in [-0.39, 0.29) is 10.1 Å². The maximum absolute atomic E-state index is 6.71. The first-order chi connectivity index (χ1) is 15.9. The van der Waals surface area contributed by atoms with E-state index < -0.39 is 17.1 Å². The molecule has 206 valence electrons. The smallest absolute Gasteiger partial charge is 0.343 e. The zero-order valence-electron chi connectivity index (χ0n) is 24.9. The SMILES string of the molecule is CCCCO[Si](CCCC[Si](OCCCC)(OCCCC)C(C)(C)C)(OCCCC)C(C)(C)C. The fourth-order valence-corrected chi connectivity index (χ4v) is 11.5. The van der Waals surface area contributed by atoms with Crippen molar-refractivity contribution in [2.45, 2.75) is 156 Å². The Balaban J connectivity index is 5.47. The van der Waals surface area contributed by atoms with Gasteiger partial charge in [0.25, 0.3) is 0 Å². The lowest BCUT2D eigenvalue weighted by molar-refractivity contribution is 0.138. The summed E-state index contributed by atoms with van der Waals surface area (Å²) in [6.45, 7) is 26.2. The average Bonchev–Trinajstić information content (AvgIpc) is 2.74.